The number of aromatic nitrogens is 1. The molecule has 0 aliphatic carbocycles. The van der Waals surface area contributed by atoms with Crippen LogP contribution in [0.2, 0.25) is 0 Å². The molecule has 4 nitrogen and oxygen atoms in total. The summed E-state index contributed by atoms with van der Waals surface area (Å²) in [6.07, 6.45) is 1.83. The van der Waals surface area contributed by atoms with Gasteiger partial charge in [0.1, 0.15) is 0 Å². The van der Waals surface area contributed by atoms with E-state index < -0.39 is 0 Å². The van der Waals surface area contributed by atoms with Gasteiger partial charge in [0.2, 0.25) is 5.91 Å². The second-order valence-corrected chi connectivity index (χ2v) is 2.96. The number of fused-ring (bicyclic) bond motifs is 1. The molecule has 2 rings (SSSR count). The van der Waals surface area contributed by atoms with Crippen molar-refractivity contribution in [2.45, 2.75) is 13.3 Å². The molecule has 13 heavy (non-hydrogen) atoms. The monoisotopic (exact) mass is 176 g/mol. The normalized spacial score (nSPS) is 13.8. The minimum atomic E-state index is -0.101. The number of nitrogens with zero attached hydrogens (tertiary/aromatic N) is 1. The van der Waals surface area contributed by atoms with Crippen molar-refractivity contribution in [3.63, 3.8) is 0 Å². The molecule has 0 atom stereocenters. The maximum Gasteiger partial charge on any atom is 0.230 e. The Morgan fingerprint density at radius 2 is 2.38 bits per heavy atom. The molecule has 0 fully saturated rings. The van der Waals surface area contributed by atoms with Gasteiger partial charge in [0.25, 0.3) is 0 Å². The van der Waals surface area contributed by atoms with Crippen molar-refractivity contribution in [1.82, 2.24) is 4.98 Å². The lowest BCUT2D eigenvalue weighted by Crippen LogP contribution is -2.06. The van der Waals surface area contributed by atoms with Crippen LogP contribution < -0.4 is 5.32 Å². The van der Waals surface area contributed by atoms with Crippen LogP contribution in [0.1, 0.15) is 23.0 Å². The first-order valence-electron chi connectivity index (χ1n) is 3.97. The molecule has 0 unspecified atom stereocenters. The predicted molar refractivity (Wildman–Crippen MR) is 46.6 cm³/mol. The molecule has 0 saturated carbocycles. The van der Waals surface area contributed by atoms with Crippen LogP contribution in [0.4, 0.5) is 5.69 Å². The molecule has 1 amide bonds. The Balaban J connectivity index is 2.57. The molecule has 0 spiro atoms. The summed E-state index contributed by atoms with van der Waals surface area (Å²) < 4.78 is 0. The van der Waals surface area contributed by atoms with E-state index in [9.17, 15) is 9.59 Å². The fraction of sp³-hybridized carbons (Fsp3) is 0.222. The fourth-order valence-corrected chi connectivity index (χ4v) is 1.41. The number of hydrogen-bond donors (Lipinski definition) is 1. The van der Waals surface area contributed by atoms with E-state index in [-0.39, 0.29) is 18.1 Å². The van der Waals surface area contributed by atoms with E-state index in [1.807, 2.05) is 0 Å². The van der Waals surface area contributed by atoms with E-state index in [4.69, 9.17) is 0 Å². The highest BCUT2D eigenvalue weighted by molar-refractivity contribution is 6.08. The summed E-state index contributed by atoms with van der Waals surface area (Å²) in [5.74, 6) is -0.156. The molecule has 2 heterocycles. The molecule has 1 N–H and O–H groups in total. The SMILES string of the molecule is CC(=O)c1ccnc2c1NC(=O)C2. The highest BCUT2D eigenvalue weighted by Gasteiger charge is 2.22. The number of nitrogens with one attached hydrogen (secondary N) is 1. The Bertz CT molecular complexity index is 399. The number of carbonyl (C=O) groups excluding carboxylic acids is 2. The summed E-state index contributed by atoms with van der Waals surface area (Å²) in [4.78, 5) is 26.2. The second-order valence-electron chi connectivity index (χ2n) is 2.96. The first kappa shape index (κ1) is 7.91. The topological polar surface area (TPSA) is 59.1 Å². The number of Topliss-reactive ketones (excluding diaryl/α,β-unsaturated/α-hetero) is 1. The summed E-state index contributed by atoms with van der Waals surface area (Å²) in [5, 5.41) is 2.63. The lowest BCUT2D eigenvalue weighted by atomic mass is 10.1. The quantitative estimate of drug-likeness (QED) is 0.643. The van der Waals surface area contributed by atoms with Gasteiger partial charge in [-0.15, -0.1) is 0 Å². The van der Waals surface area contributed by atoms with Gasteiger partial charge < -0.3 is 5.32 Å². The van der Waals surface area contributed by atoms with Crippen molar-refractivity contribution in [3.05, 3.63) is 23.5 Å². The Kier molecular flexibility index (Phi) is 1.62. The van der Waals surface area contributed by atoms with E-state index in [1.54, 1.807) is 12.3 Å². The van der Waals surface area contributed by atoms with Gasteiger partial charge in [0.05, 0.1) is 17.8 Å². The molecule has 0 saturated heterocycles. The molecule has 1 aromatic heterocycles. The van der Waals surface area contributed by atoms with Gasteiger partial charge >= 0.3 is 0 Å². The first-order valence-corrected chi connectivity index (χ1v) is 3.97. The molecule has 1 aliphatic rings. The van der Waals surface area contributed by atoms with Crippen LogP contribution in [-0.2, 0) is 11.2 Å². The van der Waals surface area contributed by atoms with Crippen molar-refractivity contribution < 1.29 is 9.59 Å². The zero-order chi connectivity index (χ0) is 9.42. The third-order valence-electron chi connectivity index (χ3n) is 2.00. The molecule has 4 heteroatoms. The first-order chi connectivity index (χ1) is 6.18. The van der Waals surface area contributed by atoms with Crippen molar-refractivity contribution in [2.75, 3.05) is 5.32 Å². The van der Waals surface area contributed by atoms with Crippen LogP contribution >= 0.6 is 0 Å². The summed E-state index contributed by atoms with van der Waals surface area (Å²) in [5.41, 5.74) is 1.79. The number of pyridine rings is 1. The van der Waals surface area contributed by atoms with E-state index in [0.29, 0.717) is 16.9 Å². The van der Waals surface area contributed by atoms with Crippen LogP contribution in [-0.4, -0.2) is 16.7 Å². The van der Waals surface area contributed by atoms with Gasteiger partial charge in [-0.3, -0.25) is 14.6 Å². The smallest absolute Gasteiger partial charge is 0.230 e. The third kappa shape index (κ3) is 1.20. The minimum absolute atomic E-state index is 0.0548. The molecule has 1 aromatic rings. The number of ketones is 1. The number of rotatable bonds is 1. The van der Waals surface area contributed by atoms with Gasteiger partial charge in [0, 0.05) is 11.8 Å². The number of hydrogen-bond acceptors (Lipinski definition) is 3. The van der Waals surface area contributed by atoms with Crippen LogP contribution in [0.15, 0.2) is 12.3 Å². The summed E-state index contributed by atoms with van der Waals surface area (Å²) in [6, 6.07) is 1.62. The predicted octanol–water partition coefficient (Wildman–Crippen LogP) is 0.779. The number of amides is 1. The molecule has 1 aliphatic heterocycles. The van der Waals surface area contributed by atoms with Gasteiger partial charge in [-0.05, 0) is 13.0 Å². The Morgan fingerprint density at radius 1 is 1.62 bits per heavy atom. The van der Waals surface area contributed by atoms with Crippen molar-refractivity contribution in [1.29, 1.82) is 0 Å². The summed E-state index contributed by atoms with van der Waals surface area (Å²) >= 11 is 0. The summed E-state index contributed by atoms with van der Waals surface area (Å²) in [7, 11) is 0. The molecule has 0 aromatic carbocycles. The van der Waals surface area contributed by atoms with Crippen molar-refractivity contribution >= 4 is 17.4 Å². The van der Waals surface area contributed by atoms with Gasteiger partial charge in [0.15, 0.2) is 5.78 Å². The van der Waals surface area contributed by atoms with E-state index in [2.05, 4.69) is 10.3 Å². The minimum Gasteiger partial charge on any atom is -0.324 e. The average Bonchev–Trinajstić information content (AvgIpc) is 2.43. The molecule has 66 valence electrons. The van der Waals surface area contributed by atoms with Crippen molar-refractivity contribution in [2.24, 2.45) is 0 Å². The van der Waals surface area contributed by atoms with Crippen LogP contribution in [0.5, 0.6) is 0 Å². The third-order valence-corrected chi connectivity index (χ3v) is 2.00. The molecule has 0 bridgehead atoms. The highest BCUT2D eigenvalue weighted by Crippen LogP contribution is 2.24. The molecular formula is C9H8N2O2. The van der Waals surface area contributed by atoms with Crippen LogP contribution in [0, 0.1) is 0 Å². The zero-order valence-corrected chi connectivity index (χ0v) is 7.13. The molecular weight excluding hydrogens is 168 g/mol. The Morgan fingerprint density at radius 3 is 3.08 bits per heavy atom. The lowest BCUT2D eigenvalue weighted by Gasteiger charge is -2.02. The maximum absolute atomic E-state index is 11.1. The highest BCUT2D eigenvalue weighted by atomic mass is 16.2. The van der Waals surface area contributed by atoms with Crippen LogP contribution in [0.3, 0.4) is 0 Å². The van der Waals surface area contributed by atoms with E-state index >= 15 is 0 Å². The van der Waals surface area contributed by atoms with Crippen LogP contribution in [0.25, 0.3) is 0 Å². The van der Waals surface area contributed by atoms with Gasteiger partial charge in [-0.1, -0.05) is 0 Å². The second kappa shape index (κ2) is 2.65. The van der Waals surface area contributed by atoms with Crippen molar-refractivity contribution in [3.8, 4) is 0 Å². The Hall–Kier alpha value is -1.71. The number of carbonyl (C=O) groups is 2. The molecule has 0 radical (unpaired) electrons. The van der Waals surface area contributed by atoms with Gasteiger partial charge in [-0.25, -0.2) is 0 Å². The average molecular weight is 176 g/mol. The summed E-state index contributed by atoms with van der Waals surface area (Å²) in [6.45, 7) is 1.47. The standard InChI is InChI=1S/C9H8N2O2/c1-5(12)6-2-3-10-7-4-8(13)11-9(6)7/h2-3H,4H2,1H3,(H,11,13). The maximum atomic E-state index is 11.1. The largest absolute Gasteiger partial charge is 0.324 e. The zero-order valence-electron chi connectivity index (χ0n) is 7.13. The van der Waals surface area contributed by atoms with E-state index in [0.717, 1.165) is 0 Å². The van der Waals surface area contributed by atoms with Gasteiger partial charge in [-0.2, -0.15) is 0 Å². The number of anilines is 1. The van der Waals surface area contributed by atoms with E-state index in [1.165, 1.54) is 6.92 Å². The Labute approximate surface area is 75.0 Å². The lowest BCUT2D eigenvalue weighted by molar-refractivity contribution is -0.115. The fourth-order valence-electron chi connectivity index (χ4n) is 1.41.